The first kappa shape index (κ1) is 12.9. The lowest BCUT2D eigenvalue weighted by atomic mass is 9.96. The number of nitrogen functional groups attached to an aromatic ring is 1. The average molecular weight is 248 g/mol. The minimum Gasteiger partial charge on any atom is -0.399 e. The van der Waals surface area contributed by atoms with Crippen LogP contribution in [-0.4, -0.2) is 35.1 Å². The fourth-order valence-corrected chi connectivity index (χ4v) is 2.28. The van der Waals surface area contributed by atoms with Gasteiger partial charge in [-0.3, -0.25) is 4.79 Å². The number of hydrogen-bond donors (Lipinski definition) is 2. The Morgan fingerprint density at radius 3 is 2.72 bits per heavy atom. The summed E-state index contributed by atoms with van der Waals surface area (Å²) in [6, 6.07) is 7.39. The van der Waals surface area contributed by atoms with Crippen LogP contribution in [0, 0.1) is 5.92 Å². The molecule has 1 aliphatic rings. The molecule has 1 amide bonds. The van der Waals surface area contributed by atoms with Crippen LogP contribution in [0.3, 0.4) is 0 Å². The zero-order chi connectivity index (χ0) is 13.1. The molecule has 1 saturated heterocycles. The summed E-state index contributed by atoms with van der Waals surface area (Å²) in [5.41, 5.74) is 7.30. The number of amides is 1. The van der Waals surface area contributed by atoms with Crippen molar-refractivity contribution in [3.63, 3.8) is 0 Å². The van der Waals surface area contributed by atoms with Crippen molar-refractivity contribution in [2.24, 2.45) is 5.92 Å². The Balaban J connectivity index is 1.94. The lowest BCUT2D eigenvalue weighted by Crippen LogP contribution is -2.45. The van der Waals surface area contributed by atoms with Crippen LogP contribution in [0.5, 0.6) is 0 Å². The summed E-state index contributed by atoms with van der Waals surface area (Å²) in [5, 5.41) is 9.65. The normalized spacial score (nSPS) is 24.0. The maximum atomic E-state index is 12.1. The van der Waals surface area contributed by atoms with Gasteiger partial charge in [0.15, 0.2) is 0 Å². The molecule has 2 atom stereocenters. The number of likely N-dealkylation sites (tertiary alicyclic amines) is 1. The number of nitrogens with two attached hydrogens (primary N) is 1. The van der Waals surface area contributed by atoms with Gasteiger partial charge in [0.05, 0.1) is 12.5 Å². The van der Waals surface area contributed by atoms with E-state index in [4.69, 9.17) is 5.73 Å². The van der Waals surface area contributed by atoms with E-state index in [0.29, 0.717) is 31.6 Å². The smallest absolute Gasteiger partial charge is 0.227 e. The molecule has 1 fully saturated rings. The van der Waals surface area contributed by atoms with E-state index in [1.54, 1.807) is 0 Å². The standard InChI is InChI=1S/C14H20N2O2/c1-10-9-16(7-6-13(10)17)14(18)8-11-2-4-12(15)5-3-11/h2-5,10,13,17H,6-9,15H2,1H3. The average Bonchev–Trinajstić information content (AvgIpc) is 2.35. The van der Waals surface area contributed by atoms with Crippen molar-refractivity contribution in [2.45, 2.75) is 25.9 Å². The third-order valence-electron chi connectivity index (χ3n) is 3.55. The summed E-state index contributed by atoms with van der Waals surface area (Å²) in [6.07, 6.45) is 0.808. The van der Waals surface area contributed by atoms with Crippen molar-refractivity contribution in [3.8, 4) is 0 Å². The van der Waals surface area contributed by atoms with Gasteiger partial charge in [-0.1, -0.05) is 19.1 Å². The van der Waals surface area contributed by atoms with Gasteiger partial charge in [-0.15, -0.1) is 0 Å². The largest absolute Gasteiger partial charge is 0.399 e. The number of piperidine rings is 1. The summed E-state index contributed by atoms with van der Waals surface area (Å²) < 4.78 is 0. The Kier molecular flexibility index (Phi) is 3.87. The monoisotopic (exact) mass is 248 g/mol. The first-order chi connectivity index (χ1) is 8.56. The van der Waals surface area contributed by atoms with Crippen LogP contribution in [0.25, 0.3) is 0 Å². The van der Waals surface area contributed by atoms with E-state index in [1.165, 1.54) is 0 Å². The highest BCUT2D eigenvalue weighted by Crippen LogP contribution is 2.17. The second-order valence-electron chi connectivity index (χ2n) is 5.09. The third-order valence-corrected chi connectivity index (χ3v) is 3.55. The molecule has 3 N–H and O–H groups in total. The van der Waals surface area contributed by atoms with E-state index in [1.807, 2.05) is 36.1 Å². The van der Waals surface area contributed by atoms with Crippen LogP contribution in [0.1, 0.15) is 18.9 Å². The van der Waals surface area contributed by atoms with Crippen LogP contribution < -0.4 is 5.73 Å². The Labute approximate surface area is 107 Å². The number of benzene rings is 1. The number of carbonyl (C=O) groups excluding carboxylic acids is 1. The van der Waals surface area contributed by atoms with Crippen molar-refractivity contribution < 1.29 is 9.90 Å². The first-order valence-corrected chi connectivity index (χ1v) is 6.36. The molecule has 4 heteroatoms. The maximum absolute atomic E-state index is 12.1. The molecule has 0 spiro atoms. The summed E-state index contributed by atoms with van der Waals surface area (Å²) in [6.45, 7) is 3.28. The number of aliphatic hydroxyl groups is 1. The number of hydrogen-bond acceptors (Lipinski definition) is 3. The molecule has 0 saturated carbocycles. The van der Waals surface area contributed by atoms with E-state index in [2.05, 4.69) is 0 Å². The molecule has 18 heavy (non-hydrogen) atoms. The summed E-state index contributed by atoms with van der Waals surface area (Å²) in [7, 11) is 0. The Bertz CT molecular complexity index is 416. The van der Waals surface area contributed by atoms with Gasteiger partial charge in [0.25, 0.3) is 0 Å². The van der Waals surface area contributed by atoms with Crippen molar-refractivity contribution in [2.75, 3.05) is 18.8 Å². The Morgan fingerprint density at radius 2 is 2.11 bits per heavy atom. The van der Waals surface area contributed by atoms with Crippen LogP contribution in [0.4, 0.5) is 5.69 Å². The lowest BCUT2D eigenvalue weighted by Gasteiger charge is -2.34. The molecular formula is C14H20N2O2. The van der Waals surface area contributed by atoms with Gasteiger partial charge < -0.3 is 15.7 Å². The van der Waals surface area contributed by atoms with E-state index in [9.17, 15) is 9.90 Å². The lowest BCUT2D eigenvalue weighted by molar-refractivity contribution is -0.133. The van der Waals surface area contributed by atoms with Gasteiger partial charge in [-0.2, -0.15) is 0 Å². The highest BCUT2D eigenvalue weighted by atomic mass is 16.3. The van der Waals surface area contributed by atoms with Gasteiger partial charge in [-0.05, 0) is 30.0 Å². The van der Waals surface area contributed by atoms with E-state index in [0.717, 1.165) is 5.56 Å². The fraction of sp³-hybridized carbons (Fsp3) is 0.500. The summed E-state index contributed by atoms with van der Waals surface area (Å²) in [4.78, 5) is 14.0. The summed E-state index contributed by atoms with van der Waals surface area (Å²) >= 11 is 0. The minimum absolute atomic E-state index is 0.124. The van der Waals surface area contributed by atoms with E-state index < -0.39 is 0 Å². The first-order valence-electron chi connectivity index (χ1n) is 6.36. The molecule has 2 rings (SSSR count). The molecule has 0 aliphatic carbocycles. The Hall–Kier alpha value is -1.55. The van der Waals surface area contributed by atoms with Gasteiger partial charge >= 0.3 is 0 Å². The highest BCUT2D eigenvalue weighted by Gasteiger charge is 2.26. The predicted octanol–water partition coefficient (Wildman–Crippen LogP) is 1.04. The van der Waals surface area contributed by atoms with Crippen LogP contribution in [-0.2, 0) is 11.2 Å². The topological polar surface area (TPSA) is 66.6 Å². The molecule has 1 aromatic rings. The van der Waals surface area contributed by atoms with Crippen LogP contribution >= 0.6 is 0 Å². The van der Waals surface area contributed by atoms with Gasteiger partial charge in [0.2, 0.25) is 5.91 Å². The quantitative estimate of drug-likeness (QED) is 0.769. The van der Waals surface area contributed by atoms with Crippen LogP contribution in [0.2, 0.25) is 0 Å². The zero-order valence-electron chi connectivity index (χ0n) is 10.7. The second-order valence-corrected chi connectivity index (χ2v) is 5.09. The molecule has 4 nitrogen and oxygen atoms in total. The second kappa shape index (κ2) is 5.40. The molecule has 1 heterocycles. The summed E-state index contributed by atoms with van der Waals surface area (Å²) in [5.74, 6) is 0.285. The van der Waals surface area contributed by atoms with Crippen molar-refractivity contribution in [1.82, 2.24) is 4.90 Å². The number of aliphatic hydroxyl groups excluding tert-OH is 1. The number of rotatable bonds is 2. The minimum atomic E-state index is -0.273. The van der Waals surface area contributed by atoms with Crippen LogP contribution in [0.15, 0.2) is 24.3 Å². The number of nitrogens with zero attached hydrogens (tertiary/aromatic N) is 1. The van der Waals surface area contributed by atoms with E-state index in [-0.39, 0.29) is 17.9 Å². The molecule has 1 aromatic carbocycles. The third kappa shape index (κ3) is 3.01. The fourth-order valence-electron chi connectivity index (χ4n) is 2.28. The van der Waals surface area contributed by atoms with Crippen molar-refractivity contribution in [3.05, 3.63) is 29.8 Å². The molecule has 98 valence electrons. The SMILES string of the molecule is CC1CN(C(=O)Cc2ccc(N)cc2)CCC1O. The molecule has 1 aliphatic heterocycles. The number of carbonyl (C=O) groups is 1. The molecular weight excluding hydrogens is 228 g/mol. The Morgan fingerprint density at radius 1 is 1.44 bits per heavy atom. The van der Waals surface area contributed by atoms with Gasteiger partial charge in [0, 0.05) is 18.8 Å². The molecule has 2 unspecified atom stereocenters. The van der Waals surface area contributed by atoms with Crippen molar-refractivity contribution >= 4 is 11.6 Å². The maximum Gasteiger partial charge on any atom is 0.227 e. The van der Waals surface area contributed by atoms with E-state index >= 15 is 0 Å². The zero-order valence-corrected chi connectivity index (χ0v) is 10.7. The molecule has 0 aromatic heterocycles. The highest BCUT2D eigenvalue weighted by molar-refractivity contribution is 5.79. The number of anilines is 1. The van der Waals surface area contributed by atoms with Crippen molar-refractivity contribution in [1.29, 1.82) is 0 Å². The predicted molar refractivity (Wildman–Crippen MR) is 70.9 cm³/mol. The van der Waals surface area contributed by atoms with Gasteiger partial charge in [0.1, 0.15) is 0 Å². The molecule has 0 radical (unpaired) electrons. The van der Waals surface area contributed by atoms with Gasteiger partial charge in [-0.25, -0.2) is 0 Å². The molecule has 0 bridgehead atoms.